The summed E-state index contributed by atoms with van der Waals surface area (Å²) in [7, 11) is 3.23. The van der Waals surface area contributed by atoms with Crippen LogP contribution >= 0.6 is 0 Å². The molecule has 0 radical (unpaired) electrons. The zero-order chi connectivity index (χ0) is 20.0. The van der Waals surface area contributed by atoms with Gasteiger partial charge in [-0.15, -0.1) is 10.2 Å². The number of rotatable bonds is 3. The summed E-state index contributed by atoms with van der Waals surface area (Å²) in [5, 5.41) is 17.3. The number of aryl methyl sites for hydroxylation is 1. The lowest BCUT2D eigenvalue weighted by molar-refractivity contribution is 0.0592. The van der Waals surface area contributed by atoms with Crippen molar-refractivity contribution < 1.29 is 9.53 Å². The number of anilines is 1. The van der Waals surface area contributed by atoms with Crippen LogP contribution in [0.4, 0.5) is 5.69 Å². The molecule has 3 aromatic heterocycles. The van der Waals surface area contributed by atoms with Crippen molar-refractivity contribution in [2.24, 2.45) is 7.05 Å². The lowest BCUT2D eigenvalue weighted by atomic mass is 10.0. The van der Waals surface area contributed by atoms with Crippen LogP contribution in [0.1, 0.15) is 21.7 Å². The first-order valence-corrected chi connectivity index (χ1v) is 9.30. The Hall–Kier alpha value is -3.75. The summed E-state index contributed by atoms with van der Waals surface area (Å²) >= 11 is 0. The first kappa shape index (κ1) is 17.4. The number of aromatic nitrogens is 6. The summed E-state index contributed by atoms with van der Waals surface area (Å²) in [6, 6.07) is 12.0. The minimum absolute atomic E-state index is 0.365. The van der Waals surface area contributed by atoms with E-state index in [-0.39, 0.29) is 0 Å². The van der Waals surface area contributed by atoms with Crippen LogP contribution in [0.5, 0.6) is 0 Å². The highest BCUT2D eigenvalue weighted by atomic mass is 16.5. The molecule has 0 N–H and O–H groups in total. The highest BCUT2D eigenvalue weighted by Gasteiger charge is 2.29. The van der Waals surface area contributed by atoms with Crippen molar-refractivity contribution in [3.63, 3.8) is 0 Å². The van der Waals surface area contributed by atoms with Gasteiger partial charge in [0.1, 0.15) is 6.33 Å². The van der Waals surface area contributed by atoms with E-state index in [0.717, 1.165) is 41.2 Å². The van der Waals surface area contributed by atoms with E-state index in [1.165, 1.54) is 7.11 Å². The number of benzene rings is 1. The largest absolute Gasteiger partial charge is 0.464 e. The molecule has 29 heavy (non-hydrogen) atoms. The summed E-state index contributed by atoms with van der Waals surface area (Å²) in [5.74, 6) is -0.420. The molecule has 0 aliphatic carbocycles. The number of fused-ring (bicyclic) bond motifs is 2. The van der Waals surface area contributed by atoms with E-state index in [1.807, 2.05) is 43.4 Å². The van der Waals surface area contributed by atoms with Crippen LogP contribution in [-0.2, 0) is 24.8 Å². The summed E-state index contributed by atoms with van der Waals surface area (Å²) < 4.78 is 8.39. The maximum atomic E-state index is 12.2. The predicted octanol–water partition coefficient (Wildman–Crippen LogP) is 1.87. The van der Waals surface area contributed by atoms with Gasteiger partial charge in [-0.2, -0.15) is 14.7 Å². The van der Waals surface area contributed by atoms with Gasteiger partial charge in [-0.05, 0) is 6.07 Å². The van der Waals surface area contributed by atoms with Gasteiger partial charge < -0.3 is 9.64 Å². The van der Waals surface area contributed by atoms with Crippen LogP contribution in [0.2, 0.25) is 0 Å². The fourth-order valence-electron chi connectivity index (χ4n) is 3.85. The third kappa shape index (κ3) is 2.82. The molecule has 0 amide bonds. The second-order valence-corrected chi connectivity index (χ2v) is 6.94. The second-order valence-electron chi connectivity index (χ2n) is 6.94. The molecule has 9 heteroatoms. The highest BCUT2D eigenvalue weighted by molar-refractivity contribution is 5.89. The van der Waals surface area contributed by atoms with Crippen LogP contribution in [-0.4, -0.2) is 49.2 Å². The Kier molecular flexibility index (Phi) is 4.01. The number of esters is 1. The van der Waals surface area contributed by atoms with Crippen LogP contribution in [0.15, 0.2) is 42.7 Å². The maximum Gasteiger partial charge on any atom is 0.358 e. The standard InChI is InChI=1S/C20H19N7O2/c1-25-16-8-9-26(11-14(16)18(24-25)20(28)29-2)17-10-15(13-6-4-3-5-7-13)23-27-12-21-22-19(17)27/h3-7,10,12H,8-9,11H2,1-2H3. The summed E-state index contributed by atoms with van der Waals surface area (Å²) in [5.41, 5.74) is 5.75. The Morgan fingerprint density at radius 1 is 1.17 bits per heavy atom. The maximum absolute atomic E-state index is 12.2. The molecule has 4 heterocycles. The van der Waals surface area contributed by atoms with Crippen LogP contribution in [0.3, 0.4) is 0 Å². The van der Waals surface area contributed by atoms with Gasteiger partial charge in [0.2, 0.25) is 5.65 Å². The first-order chi connectivity index (χ1) is 14.2. The van der Waals surface area contributed by atoms with Crippen molar-refractivity contribution in [2.45, 2.75) is 13.0 Å². The molecule has 1 aliphatic heterocycles. The molecule has 4 aromatic rings. The Bertz CT molecular complexity index is 1210. The molecule has 146 valence electrons. The molecule has 9 nitrogen and oxygen atoms in total. The van der Waals surface area contributed by atoms with Crippen molar-refractivity contribution in [3.05, 3.63) is 59.7 Å². The normalized spacial score (nSPS) is 13.5. The van der Waals surface area contributed by atoms with Crippen LogP contribution in [0, 0.1) is 0 Å². The number of carbonyl (C=O) groups excluding carboxylic acids is 1. The molecule has 5 rings (SSSR count). The molecule has 1 aliphatic rings. The highest BCUT2D eigenvalue weighted by Crippen LogP contribution is 2.31. The zero-order valence-corrected chi connectivity index (χ0v) is 16.1. The smallest absolute Gasteiger partial charge is 0.358 e. The number of nitrogens with zero attached hydrogens (tertiary/aromatic N) is 7. The minimum atomic E-state index is -0.420. The van der Waals surface area contributed by atoms with E-state index < -0.39 is 5.97 Å². The Labute approximate surface area is 166 Å². The molecule has 1 aromatic carbocycles. The zero-order valence-electron chi connectivity index (χ0n) is 16.1. The van der Waals surface area contributed by atoms with E-state index in [2.05, 4.69) is 25.3 Å². The quantitative estimate of drug-likeness (QED) is 0.494. The van der Waals surface area contributed by atoms with Gasteiger partial charge in [0.05, 0.1) is 18.5 Å². The van der Waals surface area contributed by atoms with Crippen molar-refractivity contribution in [2.75, 3.05) is 18.6 Å². The van der Waals surface area contributed by atoms with Gasteiger partial charge in [0.15, 0.2) is 5.69 Å². The summed E-state index contributed by atoms with van der Waals surface area (Å²) in [6.45, 7) is 1.31. The number of hydrogen-bond donors (Lipinski definition) is 0. The van der Waals surface area contributed by atoms with E-state index in [0.29, 0.717) is 17.9 Å². The van der Waals surface area contributed by atoms with Gasteiger partial charge in [-0.1, -0.05) is 30.3 Å². The Morgan fingerprint density at radius 3 is 2.79 bits per heavy atom. The van der Waals surface area contributed by atoms with Gasteiger partial charge in [-0.25, -0.2) is 4.79 Å². The molecule has 0 atom stereocenters. The van der Waals surface area contributed by atoms with Crippen molar-refractivity contribution in [1.82, 2.24) is 29.6 Å². The topological polar surface area (TPSA) is 90.4 Å². The molecule has 0 saturated heterocycles. The molecular formula is C20H19N7O2. The average Bonchev–Trinajstić information content (AvgIpc) is 3.37. The predicted molar refractivity (Wildman–Crippen MR) is 106 cm³/mol. The second kappa shape index (κ2) is 6.69. The van der Waals surface area contributed by atoms with E-state index >= 15 is 0 Å². The Morgan fingerprint density at radius 2 is 2.00 bits per heavy atom. The van der Waals surface area contributed by atoms with Gasteiger partial charge in [-0.3, -0.25) is 4.68 Å². The number of methoxy groups -OCH3 is 1. The average molecular weight is 389 g/mol. The number of carbonyl (C=O) groups is 1. The van der Waals surface area contributed by atoms with E-state index in [1.54, 1.807) is 15.5 Å². The van der Waals surface area contributed by atoms with E-state index in [9.17, 15) is 4.79 Å². The van der Waals surface area contributed by atoms with E-state index in [4.69, 9.17) is 4.74 Å². The van der Waals surface area contributed by atoms with Crippen molar-refractivity contribution >= 4 is 17.3 Å². The third-order valence-corrected chi connectivity index (χ3v) is 5.28. The fourth-order valence-corrected chi connectivity index (χ4v) is 3.85. The lowest BCUT2D eigenvalue weighted by Gasteiger charge is -2.29. The summed E-state index contributed by atoms with van der Waals surface area (Å²) in [4.78, 5) is 14.4. The number of hydrogen-bond acceptors (Lipinski definition) is 7. The van der Waals surface area contributed by atoms with Crippen molar-refractivity contribution in [1.29, 1.82) is 0 Å². The van der Waals surface area contributed by atoms with Gasteiger partial charge in [0, 0.05) is 43.4 Å². The van der Waals surface area contributed by atoms with Crippen LogP contribution < -0.4 is 4.90 Å². The number of ether oxygens (including phenoxy) is 1. The van der Waals surface area contributed by atoms with Gasteiger partial charge in [0.25, 0.3) is 0 Å². The molecule has 0 bridgehead atoms. The lowest BCUT2D eigenvalue weighted by Crippen LogP contribution is -2.32. The fraction of sp³-hybridized carbons (Fsp3) is 0.250. The first-order valence-electron chi connectivity index (χ1n) is 9.30. The third-order valence-electron chi connectivity index (χ3n) is 5.28. The SMILES string of the molecule is COC(=O)c1nn(C)c2c1CN(c1cc(-c3ccccc3)nn3cnnc13)CC2. The monoisotopic (exact) mass is 389 g/mol. The van der Waals surface area contributed by atoms with Gasteiger partial charge >= 0.3 is 5.97 Å². The Balaban J connectivity index is 1.60. The molecule has 0 unspecified atom stereocenters. The molecule has 0 saturated carbocycles. The van der Waals surface area contributed by atoms with Crippen molar-refractivity contribution in [3.8, 4) is 11.3 Å². The molecule has 0 spiro atoms. The molecular weight excluding hydrogens is 370 g/mol. The summed E-state index contributed by atoms with van der Waals surface area (Å²) in [6.07, 6.45) is 2.36. The van der Waals surface area contributed by atoms with Crippen LogP contribution in [0.25, 0.3) is 16.9 Å². The molecule has 0 fully saturated rings. The minimum Gasteiger partial charge on any atom is -0.464 e.